The lowest BCUT2D eigenvalue weighted by Crippen LogP contribution is -2.22. The Kier molecular flexibility index (Phi) is 38.1. The van der Waals surface area contributed by atoms with E-state index in [4.69, 9.17) is 29.2 Å². The Bertz CT molecular complexity index is 2380. The van der Waals surface area contributed by atoms with E-state index < -0.39 is 0 Å². The summed E-state index contributed by atoms with van der Waals surface area (Å²) >= 11 is 0. The number of aromatic hydroxyl groups is 2. The largest absolute Gasteiger partial charge is 0.508 e. The first-order valence-electron chi connectivity index (χ1n) is 33.5. The van der Waals surface area contributed by atoms with E-state index >= 15 is 0 Å². The lowest BCUT2D eigenvalue weighted by molar-refractivity contribution is -0.0820. The van der Waals surface area contributed by atoms with Crippen LogP contribution in [0.1, 0.15) is 275 Å². The Morgan fingerprint density at radius 2 is 0.600 bits per heavy atom. The summed E-state index contributed by atoms with van der Waals surface area (Å²) in [4.78, 5) is 0. The molecule has 0 spiro atoms. The summed E-state index contributed by atoms with van der Waals surface area (Å²) in [5.41, 5.74) is 8.24. The maximum absolute atomic E-state index is 9.01. The molecule has 6 aromatic rings. The fraction of sp³-hybridized carbons (Fsp3) is 0.544. The van der Waals surface area contributed by atoms with E-state index in [1.807, 2.05) is 38.1 Å². The van der Waals surface area contributed by atoms with Gasteiger partial charge >= 0.3 is 0 Å². The Morgan fingerprint density at radius 3 is 0.906 bits per heavy atom. The van der Waals surface area contributed by atoms with Crippen LogP contribution in [0.15, 0.2) is 158 Å². The van der Waals surface area contributed by atoms with Gasteiger partial charge in [0.2, 0.25) is 0 Å². The van der Waals surface area contributed by atoms with E-state index in [0.29, 0.717) is 47.0 Å². The van der Waals surface area contributed by atoms with Crippen molar-refractivity contribution in [2.45, 2.75) is 254 Å². The second kappa shape index (κ2) is 44.0. The molecule has 0 amide bonds. The second-order valence-electron chi connectivity index (χ2n) is 24.4. The normalized spacial score (nSPS) is 16.0. The van der Waals surface area contributed by atoms with Crippen LogP contribution in [-0.2, 0) is 9.47 Å². The van der Waals surface area contributed by atoms with Gasteiger partial charge in [0.1, 0.15) is 23.0 Å². The summed E-state index contributed by atoms with van der Waals surface area (Å²) in [6.45, 7) is 32.2. The topological polar surface area (TPSA) is 77.4 Å². The molecule has 8 rings (SSSR count). The molecule has 0 bridgehead atoms. The van der Waals surface area contributed by atoms with Crippen molar-refractivity contribution in [2.24, 2.45) is 11.8 Å². The van der Waals surface area contributed by atoms with Crippen molar-refractivity contribution in [1.29, 1.82) is 0 Å². The molecule has 2 aliphatic carbocycles. The summed E-state index contributed by atoms with van der Waals surface area (Å²) < 4.78 is 23.4. The van der Waals surface area contributed by atoms with Crippen LogP contribution in [0.2, 0.25) is 0 Å². The molecule has 85 heavy (non-hydrogen) atoms. The van der Waals surface area contributed by atoms with Gasteiger partial charge in [-0.2, -0.15) is 0 Å². The average molecular weight is 1160 g/mol. The maximum atomic E-state index is 9.01. The van der Waals surface area contributed by atoms with Crippen LogP contribution < -0.4 is 9.47 Å². The molecular weight excluding hydrogens is 1040 g/mol. The molecule has 2 aliphatic rings. The lowest BCUT2D eigenvalue weighted by Gasteiger charge is -2.23. The average Bonchev–Trinajstić information content (AvgIpc) is 3.60. The van der Waals surface area contributed by atoms with E-state index in [9.17, 15) is 0 Å². The first kappa shape index (κ1) is 73.7. The SMILES string of the molecule is CCC(C)c1ccc(O)cc1.CCC(C)c1ccc(O)cc1.CCC(C)c1ccc(OC(C)OCC2CCCCC2)cc1.CCC(C)c1ccc(OC(C)OCCC2CCCCC2)cc1.CCC(C)c1ccccc1.CCC(C)c1ccccc1. The summed E-state index contributed by atoms with van der Waals surface area (Å²) in [7, 11) is 0. The minimum Gasteiger partial charge on any atom is -0.508 e. The first-order valence-corrected chi connectivity index (χ1v) is 33.5. The summed E-state index contributed by atoms with van der Waals surface area (Å²) in [5, 5.41) is 18.0. The van der Waals surface area contributed by atoms with Crippen molar-refractivity contribution < 1.29 is 29.2 Å². The highest BCUT2D eigenvalue weighted by molar-refractivity contribution is 5.31. The third kappa shape index (κ3) is 31.1. The molecule has 2 saturated carbocycles. The summed E-state index contributed by atoms with van der Waals surface area (Å²) in [5.74, 6) is 7.92. The van der Waals surface area contributed by atoms with E-state index in [1.54, 1.807) is 24.3 Å². The smallest absolute Gasteiger partial charge is 0.196 e. The van der Waals surface area contributed by atoms with Gasteiger partial charge in [-0.15, -0.1) is 0 Å². The first-order chi connectivity index (χ1) is 41.0. The van der Waals surface area contributed by atoms with Crippen LogP contribution in [0, 0.1) is 11.8 Å². The number of hydrogen-bond acceptors (Lipinski definition) is 6. The van der Waals surface area contributed by atoms with Crippen LogP contribution in [-0.4, -0.2) is 36.0 Å². The number of benzene rings is 6. The number of rotatable bonds is 23. The standard InChI is InChI=1S/C20H32O2.C19H30O2.2C10H14O.2C10H14/c1-4-16(2)19-10-12-20(13-11-19)22-17(3)21-15-14-18-8-6-5-7-9-18;1-4-15(2)18-10-12-19(13-11-18)21-16(3)20-14-17-8-6-5-7-9-17;2*1-3-8(2)9-4-6-10(11)7-5-9;2*1-3-9(2)10-7-5-4-6-8-10/h10-13,16-18H,4-9,14-15H2,1-3H3;10-13,15-17H,4-9,14H2,1-3H3;2*4-8,11H,3H2,1-2H3;2*4-9H,3H2,1-2H3. The molecule has 470 valence electrons. The lowest BCUT2D eigenvalue weighted by atomic mass is 9.87. The molecule has 0 heterocycles. The van der Waals surface area contributed by atoms with Gasteiger partial charge in [0, 0.05) is 0 Å². The van der Waals surface area contributed by atoms with Crippen LogP contribution in [0.3, 0.4) is 0 Å². The van der Waals surface area contributed by atoms with Crippen molar-refractivity contribution in [2.75, 3.05) is 13.2 Å². The zero-order valence-corrected chi connectivity index (χ0v) is 55.7. The van der Waals surface area contributed by atoms with Crippen molar-refractivity contribution in [1.82, 2.24) is 0 Å². The highest BCUT2D eigenvalue weighted by atomic mass is 16.7. The van der Waals surface area contributed by atoms with Crippen LogP contribution in [0.4, 0.5) is 0 Å². The van der Waals surface area contributed by atoms with E-state index in [1.165, 1.54) is 130 Å². The molecule has 8 atom stereocenters. The van der Waals surface area contributed by atoms with Gasteiger partial charge in [-0.3, -0.25) is 0 Å². The van der Waals surface area contributed by atoms with Gasteiger partial charge in [0.05, 0.1) is 13.2 Å². The molecule has 0 aliphatic heterocycles. The molecule has 8 unspecified atom stereocenters. The van der Waals surface area contributed by atoms with Crippen LogP contribution in [0.25, 0.3) is 0 Å². The zero-order chi connectivity index (χ0) is 62.2. The predicted molar refractivity (Wildman–Crippen MR) is 364 cm³/mol. The van der Waals surface area contributed by atoms with Gasteiger partial charge < -0.3 is 29.2 Å². The molecule has 6 aromatic carbocycles. The number of hydrogen-bond donors (Lipinski definition) is 2. The molecule has 6 nitrogen and oxygen atoms in total. The Morgan fingerprint density at radius 1 is 0.329 bits per heavy atom. The molecule has 6 heteroatoms. The Balaban J connectivity index is 0.000000277. The number of phenols is 2. The molecule has 0 radical (unpaired) electrons. The maximum Gasteiger partial charge on any atom is 0.196 e. The highest BCUT2D eigenvalue weighted by Crippen LogP contribution is 2.29. The molecule has 2 fully saturated rings. The predicted octanol–water partition coefficient (Wildman–Crippen LogP) is 23.6. The number of ether oxygens (including phenoxy) is 4. The molecular formula is C79H118O6. The van der Waals surface area contributed by atoms with Crippen LogP contribution in [0.5, 0.6) is 23.0 Å². The van der Waals surface area contributed by atoms with Crippen molar-refractivity contribution in [3.05, 3.63) is 191 Å². The summed E-state index contributed by atoms with van der Waals surface area (Å²) in [6.07, 6.45) is 21.7. The molecule has 0 saturated heterocycles. The minimum atomic E-state index is -0.168. The fourth-order valence-corrected chi connectivity index (χ4v) is 10.3. The quantitative estimate of drug-likeness (QED) is 0.0623. The summed E-state index contributed by atoms with van der Waals surface area (Å²) in [6, 6.07) is 53.0. The van der Waals surface area contributed by atoms with E-state index in [-0.39, 0.29) is 12.6 Å². The van der Waals surface area contributed by atoms with Crippen molar-refractivity contribution >= 4 is 0 Å². The monoisotopic (exact) mass is 1160 g/mol. The van der Waals surface area contributed by atoms with Gasteiger partial charge in [0.15, 0.2) is 12.6 Å². The third-order valence-corrected chi connectivity index (χ3v) is 17.7. The van der Waals surface area contributed by atoms with E-state index in [2.05, 4.69) is 192 Å². The van der Waals surface area contributed by atoms with Gasteiger partial charge in [-0.1, -0.05) is 244 Å². The van der Waals surface area contributed by atoms with Gasteiger partial charge in [0.25, 0.3) is 0 Å². The van der Waals surface area contributed by atoms with E-state index in [0.717, 1.165) is 49.4 Å². The Labute approximate surface area is 519 Å². The fourth-order valence-electron chi connectivity index (χ4n) is 10.3. The van der Waals surface area contributed by atoms with Crippen molar-refractivity contribution in [3.8, 4) is 23.0 Å². The zero-order valence-electron chi connectivity index (χ0n) is 55.7. The highest BCUT2D eigenvalue weighted by Gasteiger charge is 2.17. The molecule has 0 aromatic heterocycles. The van der Waals surface area contributed by atoms with Gasteiger partial charge in [-0.05, 0) is 201 Å². The van der Waals surface area contributed by atoms with Crippen LogP contribution >= 0.6 is 0 Å². The molecule has 2 N–H and O–H groups in total. The number of phenolic OH excluding ortho intramolecular Hbond substituents is 2. The second-order valence-corrected chi connectivity index (χ2v) is 24.4. The third-order valence-electron chi connectivity index (χ3n) is 17.7. The minimum absolute atomic E-state index is 0.165. The van der Waals surface area contributed by atoms with Crippen molar-refractivity contribution in [3.63, 3.8) is 0 Å². The Hall–Kier alpha value is -5.56. The van der Waals surface area contributed by atoms with Gasteiger partial charge in [-0.25, -0.2) is 0 Å².